The van der Waals surface area contributed by atoms with Gasteiger partial charge in [0, 0.05) is 12.4 Å². The third kappa shape index (κ3) is 5.91. The molecule has 0 unspecified atom stereocenters. The molecule has 0 aliphatic heterocycles. The van der Waals surface area contributed by atoms with Crippen LogP contribution in [-0.4, -0.2) is 30.3 Å². The summed E-state index contributed by atoms with van der Waals surface area (Å²) in [7, 11) is 0. The van der Waals surface area contributed by atoms with Gasteiger partial charge in [0.25, 0.3) is 5.91 Å². The molecule has 25 heavy (non-hydrogen) atoms. The van der Waals surface area contributed by atoms with Gasteiger partial charge in [-0.05, 0) is 49.2 Å². The Bertz CT molecular complexity index is 702. The molecule has 0 bridgehead atoms. The third-order valence-corrected chi connectivity index (χ3v) is 3.33. The van der Waals surface area contributed by atoms with E-state index in [1.165, 1.54) is 6.20 Å². The second-order valence-corrected chi connectivity index (χ2v) is 5.28. The average Bonchev–Trinajstić information content (AvgIpc) is 2.64. The summed E-state index contributed by atoms with van der Waals surface area (Å²) in [5.74, 6) is 1.07. The molecule has 1 aromatic heterocycles. The number of pyridine rings is 1. The van der Waals surface area contributed by atoms with Gasteiger partial charge < -0.3 is 9.47 Å². The number of benzene rings is 1. The van der Waals surface area contributed by atoms with Gasteiger partial charge in [0.05, 0.1) is 25.0 Å². The van der Waals surface area contributed by atoms with Gasteiger partial charge in [-0.2, -0.15) is 5.10 Å². The maximum absolute atomic E-state index is 11.9. The van der Waals surface area contributed by atoms with Gasteiger partial charge in [0.2, 0.25) is 0 Å². The fourth-order valence-corrected chi connectivity index (χ4v) is 2.05. The third-order valence-electron chi connectivity index (χ3n) is 3.33. The number of ether oxygens (including phenoxy) is 2. The van der Waals surface area contributed by atoms with E-state index in [9.17, 15) is 4.79 Å². The van der Waals surface area contributed by atoms with Gasteiger partial charge in [-0.15, -0.1) is 0 Å². The Hall–Kier alpha value is -2.89. The van der Waals surface area contributed by atoms with Crippen LogP contribution in [0.5, 0.6) is 11.5 Å². The lowest BCUT2D eigenvalue weighted by Crippen LogP contribution is -2.17. The van der Waals surface area contributed by atoms with Crippen molar-refractivity contribution in [3.8, 4) is 11.5 Å². The number of amides is 1. The molecule has 1 aromatic carbocycles. The quantitative estimate of drug-likeness (QED) is 0.431. The van der Waals surface area contributed by atoms with Gasteiger partial charge in [-0.1, -0.05) is 13.3 Å². The number of carbonyl (C=O) groups excluding carboxylic acids is 1. The van der Waals surface area contributed by atoms with E-state index < -0.39 is 0 Å². The van der Waals surface area contributed by atoms with Gasteiger partial charge in [-0.3, -0.25) is 9.78 Å². The van der Waals surface area contributed by atoms with Gasteiger partial charge >= 0.3 is 0 Å². The lowest BCUT2D eigenvalue weighted by molar-refractivity contribution is 0.0955. The summed E-state index contributed by atoms with van der Waals surface area (Å²) in [6.07, 6.45) is 6.73. The molecule has 0 aliphatic rings. The summed E-state index contributed by atoms with van der Waals surface area (Å²) >= 11 is 0. The van der Waals surface area contributed by atoms with E-state index in [0.29, 0.717) is 30.3 Å². The van der Waals surface area contributed by atoms with Crippen LogP contribution in [0.3, 0.4) is 0 Å². The predicted octanol–water partition coefficient (Wildman–Crippen LogP) is 3.42. The average molecular weight is 341 g/mol. The summed E-state index contributed by atoms with van der Waals surface area (Å²) in [4.78, 5) is 15.8. The molecule has 0 saturated heterocycles. The Morgan fingerprint density at radius 2 is 2.12 bits per heavy atom. The molecule has 0 radical (unpaired) electrons. The first-order chi connectivity index (χ1) is 12.2. The first kappa shape index (κ1) is 18.4. The van der Waals surface area contributed by atoms with Crippen molar-refractivity contribution in [3.05, 3.63) is 53.9 Å². The fourth-order valence-electron chi connectivity index (χ4n) is 2.05. The largest absolute Gasteiger partial charge is 0.490 e. The van der Waals surface area contributed by atoms with Crippen molar-refractivity contribution in [2.24, 2.45) is 5.10 Å². The van der Waals surface area contributed by atoms with Crippen molar-refractivity contribution in [3.63, 3.8) is 0 Å². The minimum Gasteiger partial charge on any atom is -0.490 e. The minimum absolute atomic E-state index is 0.311. The molecule has 0 fully saturated rings. The van der Waals surface area contributed by atoms with Crippen LogP contribution >= 0.6 is 0 Å². The van der Waals surface area contributed by atoms with Crippen molar-refractivity contribution < 1.29 is 14.3 Å². The highest BCUT2D eigenvalue weighted by molar-refractivity contribution is 5.94. The molecular weight excluding hydrogens is 318 g/mol. The standard InChI is InChI=1S/C19H23N3O3/c1-3-5-11-25-17-9-8-15(12-18(17)24-4-2)13-21-22-19(23)16-7-6-10-20-14-16/h6-10,12-14H,3-5,11H2,1-2H3,(H,22,23)/b21-13+. The van der Waals surface area contributed by atoms with Gasteiger partial charge in [0.15, 0.2) is 11.5 Å². The Labute approximate surface area is 147 Å². The van der Waals surface area contributed by atoms with Gasteiger partial charge in [0.1, 0.15) is 0 Å². The molecule has 1 amide bonds. The highest BCUT2D eigenvalue weighted by Gasteiger charge is 2.06. The Balaban J connectivity index is 2.01. The van der Waals surface area contributed by atoms with E-state index in [4.69, 9.17) is 9.47 Å². The van der Waals surface area contributed by atoms with Crippen LogP contribution in [0.1, 0.15) is 42.6 Å². The van der Waals surface area contributed by atoms with Crippen molar-refractivity contribution in [2.75, 3.05) is 13.2 Å². The molecule has 0 saturated carbocycles. The highest BCUT2D eigenvalue weighted by Crippen LogP contribution is 2.28. The van der Waals surface area contributed by atoms with Crippen LogP contribution in [0.15, 0.2) is 47.8 Å². The zero-order valence-corrected chi connectivity index (χ0v) is 14.6. The van der Waals surface area contributed by atoms with E-state index in [1.807, 2.05) is 25.1 Å². The molecule has 132 valence electrons. The number of hydrogen-bond acceptors (Lipinski definition) is 5. The van der Waals surface area contributed by atoms with E-state index >= 15 is 0 Å². The predicted molar refractivity (Wildman–Crippen MR) is 97.3 cm³/mol. The van der Waals surface area contributed by atoms with E-state index in [2.05, 4.69) is 22.4 Å². The topological polar surface area (TPSA) is 72.8 Å². The normalized spacial score (nSPS) is 10.6. The summed E-state index contributed by atoms with van der Waals surface area (Å²) in [6, 6.07) is 8.93. The van der Waals surface area contributed by atoms with Crippen molar-refractivity contribution in [2.45, 2.75) is 26.7 Å². The van der Waals surface area contributed by atoms with Crippen molar-refractivity contribution in [1.82, 2.24) is 10.4 Å². The van der Waals surface area contributed by atoms with Crippen molar-refractivity contribution >= 4 is 12.1 Å². The first-order valence-electron chi connectivity index (χ1n) is 8.37. The summed E-state index contributed by atoms with van der Waals surface area (Å²) in [5, 5.41) is 3.98. The Morgan fingerprint density at radius 3 is 2.84 bits per heavy atom. The molecule has 0 atom stereocenters. The van der Waals surface area contributed by atoms with Crippen LogP contribution in [0.4, 0.5) is 0 Å². The zero-order valence-electron chi connectivity index (χ0n) is 14.6. The molecule has 6 nitrogen and oxygen atoms in total. The second-order valence-electron chi connectivity index (χ2n) is 5.28. The van der Waals surface area contributed by atoms with Crippen LogP contribution in [0, 0.1) is 0 Å². The fraction of sp³-hybridized carbons (Fsp3) is 0.316. The smallest absolute Gasteiger partial charge is 0.272 e. The minimum atomic E-state index is -0.311. The summed E-state index contributed by atoms with van der Waals surface area (Å²) in [5.41, 5.74) is 3.73. The molecular formula is C19H23N3O3. The maximum Gasteiger partial charge on any atom is 0.272 e. The van der Waals surface area contributed by atoms with Crippen LogP contribution in [0.2, 0.25) is 0 Å². The molecule has 0 aliphatic carbocycles. The molecule has 1 N–H and O–H groups in total. The van der Waals surface area contributed by atoms with Crippen LogP contribution in [-0.2, 0) is 0 Å². The maximum atomic E-state index is 11.9. The van der Waals surface area contributed by atoms with Crippen molar-refractivity contribution in [1.29, 1.82) is 0 Å². The lowest BCUT2D eigenvalue weighted by Gasteiger charge is -2.12. The number of nitrogens with zero attached hydrogens (tertiary/aromatic N) is 2. The Kier molecular flexibility index (Phi) is 7.43. The lowest BCUT2D eigenvalue weighted by atomic mass is 10.2. The van der Waals surface area contributed by atoms with Gasteiger partial charge in [-0.25, -0.2) is 5.43 Å². The summed E-state index contributed by atoms with van der Waals surface area (Å²) < 4.78 is 11.4. The number of hydrazone groups is 1. The molecule has 0 spiro atoms. The number of hydrogen-bond donors (Lipinski definition) is 1. The SMILES string of the molecule is CCCCOc1ccc(/C=N/NC(=O)c2cccnc2)cc1OCC. The summed E-state index contributed by atoms with van der Waals surface area (Å²) in [6.45, 7) is 5.24. The number of nitrogens with one attached hydrogen (secondary N) is 1. The van der Waals surface area contributed by atoms with Crippen LogP contribution < -0.4 is 14.9 Å². The van der Waals surface area contributed by atoms with Crippen LogP contribution in [0.25, 0.3) is 0 Å². The highest BCUT2D eigenvalue weighted by atomic mass is 16.5. The second kappa shape index (κ2) is 10.1. The van der Waals surface area contributed by atoms with E-state index in [0.717, 1.165) is 18.4 Å². The number of carbonyl (C=O) groups is 1. The molecule has 2 aromatic rings. The first-order valence-corrected chi connectivity index (χ1v) is 8.37. The monoisotopic (exact) mass is 341 g/mol. The Morgan fingerprint density at radius 1 is 1.24 bits per heavy atom. The number of rotatable bonds is 9. The number of aromatic nitrogens is 1. The van der Waals surface area contributed by atoms with E-state index in [-0.39, 0.29) is 5.91 Å². The molecule has 6 heteroatoms. The molecule has 2 rings (SSSR count). The van der Waals surface area contributed by atoms with E-state index in [1.54, 1.807) is 24.5 Å². The zero-order chi connectivity index (χ0) is 17.9. The molecule has 1 heterocycles. The number of unbranched alkanes of at least 4 members (excludes halogenated alkanes) is 1.